The second-order valence-electron chi connectivity index (χ2n) is 10.3. The third-order valence-corrected chi connectivity index (χ3v) is 7.07. The first-order chi connectivity index (χ1) is 17.9. The number of hydrogen-bond acceptors (Lipinski definition) is 8. The van der Waals surface area contributed by atoms with Crippen LogP contribution in [0.2, 0.25) is 0 Å². The first-order valence-corrected chi connectivity index (χ1v) is 14.7. The topological polar surface area (TPSA) is 78.7 Å². The van der Waals surface area contributed by atoms with Gasteiger partial charge in [-0.15, -0.1) is 0 Å². The molecule has 8 nitrogen and oxygen atoms in total. The minimum Gasteiger partial charge on any atom is -0.315 e. The SMILES string of the molecule is [Zn].[Zn].c1cc(CN2CCCNCCNCCCNCC2)ccc1CN1CCCNCCNCCCNCC1. The third kappa shape index (κ3) is 17.8. The fourth-order valence-electron chi connectivity index (χ4n) is 4.92. The van der Waals surface area contributed by atoms with E-state index in [1.807, 2.05) is 0 Å². The van der Waals surface area contributed by atoms with Crippen molar-refractivity contribution < 1.29 is 39.0 Å². The Labute approximate surface area is 258 Å². The molecule has 6 N–H and O–H groups in total. The molecule has 1 aromatic carbocycles. The molecule has 0 aliphatic carbocycles. The Morgan fingerprint density at radius 3 is 1.08 bits per heavy atom. The molecule has 2 aliphatic rings. The van der Waals surface area contributed by atoms with Crippen molar-refractivity contribution in [3.63, 3.8) is 0 Å². The molecule has 210 valence electrons. The number of benzene rings is 1. The van der Waals surface area contributed by atoms with Crippen LogP contribution in [-0.2, 0) is 52.0 Å². The normalized spacial score (nSPS) is 21.7. The fraction of sp³-hybridized carbons (Fsp3) is 0.786. The van der Waals surface area contributed by atoms with E-state index in [-0.39, 0.29) is 39.0 Å². The van der Waals surface area contributed by atoms with Crippen LogP contribution in [0.1, 0.15) is 36.8 Å². The summed E-state index contributed by atoms with van der Waals surface area (Å²) in [6.45, 7) is 19.6. The van der Waals surface area contributed by atoms with Crippen molar-refractivity contribution in [1.29, 1.82) is 0 Å². The van der Waals surface area contributed by atoms with E-state index in [0.717, 1.165) is 118 Å². The van der Waals surface area contributed by atoms with Crippen molar-refractivity contribution in [2.45, 2.75) is 38.8 Å². The van der Waals surface area contributed by atoms with Crippen LogP contribution in [0.5, 0.6) is 0 Å². The minimum absolute atomic E-state index is 0. The molecular weight excluding hydrogens is 579 g/mol. The van der Waals surface area contributed by atoms with Crippen LogP contribution < -0.4 is 31.9 Å². The van der Waals surface area contributed by atoms with Gasteiger partial charge in [-0.05, 0) is 89.2 Å². The molecular formula is C28H54N8Zn2. The van der Waals surface area contributed by atoms with Gasteiger partial charge in [-0.25, -0.2) is 0 Å². The van der Waals surface area contributed by atoms with E-state index in [1.165, 1.54) is 36.8 Å². The van der Waals surface area contributed by atoms with Gasteiger partial charge in [0.15, 0.2) is 0 Å². The fourth-order valence-corrected chi connectivity index (χ4v) is 4.92. The van der Waals surface area contributed by atoms with Crippen LogP contribution in [0, 0.1) is 0 Å². The summed E-state index contributed by atoms with van der Waals surface area (Å²) in [6, 6.07) is 9.42. The molecule has 10 heteroatoms. The van der Waals surface area contributed by atoms with E-state index in [2.05, 4.69) is 66.0 Å². The number of hydrogen-bond donors (Lipinski definition) is 6. The van der Waals surface area contributed by atoms with E-state index >= 15 is 0 Å². The summed E-state index contributed by atoms with van der Waals surface area (Å²) < 4.78 is 0. The molecule has 0 aromatic heterocycles. The second-order valence-corrected chi connectivity index (χ2v) is 10.3. The molecule has 0 radical (unpaired) electrons. The average molecular weight is 634 g/mol. The van der Waals surface area contributed by atoms with Gasteiger partial charge in [0.05, 0.1) is 0 Å². The van der Waals surface area contributed by atoms with Gasteiger partial charge >= 0.3 is 0 Å². The Balaban J connectivity index is 0.00000361. The maximum Gasteiger partial charge on any atom is 0.0234 e. The van der Waals surface area contributed by atoms with Gasteiger partial charge in [0.1, 0.15) is 0 Å². The Morgan fingerprint density at radius 2 is 0.711 bits per heavy atom. The molecule has 0 saturated carbocycles. The van der Waals surface area contributed by atoms with Gasteiger partial charge in [0, 0.05) is 104 Å². The van der Waals surface area contributed by atoms with Crippen molar-refractivity contribution >= 4 is 0 Å². The van der Waals surface area contributed by atoms with E-state index < -0.39 is 0 Å². The zero-order valence-electron chi connectivity index (χ0n) is 24.2. The summed E-state index contributed by atoms with van der Waals surface area (Å²) in [7, 11) is 0. The zero-order valence-corrected chi connectivity index (χ0v) is 30.1. The van der Waals surface area contributed by atoms with Crippen LogP contribution in [0.25, 0.3) is 0 Å². The van der Waals surface area contributed by atoms with E-state index in [4.69, 9.17) is 0 Å². The molecule has 0 spiro atoms. The molecule has 38 heavy (non-hydrogen) atoms. The average Bonchev–Trinajstić information content (AvgIpc) is 2.89. The molecule has 0 atom stereocenters. The number of nitrogens with one attached hydrogen (secondary N) is 6. The summed E-state index contributed by atoms with van der Waals surface area (Å²) in [5.41, 5.74) is 2.86. The molecule has 2 aliphatic heterocycles. The largest absolute Gasteiger partial charge is 0.315 e. The molecule has 0 unspecified atom stereocenters. The predicted molar refractivity (Wildman–Crippen MR) is 153 cm³/mol. The molecule has 2 heterocycles. The summed E-state index contributed by atoms with van der Waals surface area (Å²) in [6.07, 6.45) is 4.80. The summed E-state index contributed by atoms with van der Waals surface area (Å²) >= 11 is 0. The summed E-state index contributed by atoms with van der Waals surface area (Å²) in [5, 5.41) is 21.4. The van der Waals surface area contributed by atoms with Gasteiger partial charge in [-0.3, -0.25) is 9.80 Å². The van der Waals surface area contributed by atoms with E-state index in [0.29, 0.717) is 0 Å². The molecule has 3 rings (SSSR count). The van der Waals surface area contributed by atoms with Crippen LogP contribution in [0.3, 0.4) is 0 Å². The van der Waals surface area contributed by atoms with Crippen LogP contribution in [-0.4, -0.2) is 115 Å². The van der Waals surface area contributed by atoms with Crippen LogP contribution in [0.4, 0.5) is 0 Å². The van der Waals surface area contributed by atoms with Crippen molar-refractivity contribution in [3.8, 4) is 0 Å². The molecule has 0 amide bonds. The smallest absolute Gasteiger partial charge is 0.0234 e. The summed E-state index contributed by atoms with van der Waals surface area (Å²) in [5.74, 6) is 0. The van der Waals surface area contributed by atoms with Crippen LogP contribution >= 0.6 is 0 Å². The Kier molecular flexibility index (Phi) is 23.7. The van der Waals surface area contributed by atoms with E-state index in [1.54, 1.807) is 0 Å². The van der Waals surface area contributed by atoms with Crippen molar-refractivity contribution in [2.24, 2.45) is 0 Å². The van der Waals surface area contributed by atoms with Gasteiger partial charge in [0.25, 0.3) is 0 Å². The Morgan fingerprint density at radius 1 is 0.395 bits per heavy atom. The maximum atomic E-state index is 3.63. The van der Waals surface area contributed by atoms with Crippen molar-refractivity contribution in [1.82, 2.24) is 41.7 Å². The maximum absolute atomic E-state index is 3.63. The predicted octanol–water partition coefficient (Wildman–Crippen LogP) is 0.411. The molecule has 0 bridgehead atoms. The molecule has 2 saturated heterocycles. The zero-order chi connectivity index (χ0) is 24.9. The quantitative estimate of drug-likeness (QED) is 0.267. The van der Waals surface area contributed by atoms with Crippen molar-refractivity contribution in [3.05, 3.63) is 35.4 Å². The van der Waals surface area contributed by atoms with Gasteiger partial charge in [0.2, 0.25) is 0 Å². The van der Waals surface area contributed by atoms with Crippen molar-refractivity contribution in [2.75, 3.05) is 105 Å². The second kappa shape index (κ2) is 24.9. The molecule has 1 aromatic rings. The van der Waals surface area contributed by atoms with Gasteiger partial charge in [-0.1, -0.05) is 24.3 Å². The Hall–Kier alpha value is 0.147. The van der Waals surface area contributed by atoms with E-state index in [9.17, 15) is 0 Å². The molecule has 2 fully saturated rings. The number of nitrogens with zero attached hydrogens (tertiary/aromatic N) is 2. The first-order valence-electron chi connectivity index (χ1n) is 14.7. The summed E-state index contributed by atoms with van der Waals surface area (Å²) in [4.78, 5) is 5.23. The first kappa shape index (κ1) is 36.2. The van der Waals surface area contributed by atoms with Crippen LogP contribution in [0.15, 0.2) is 24.3 Å². The van der Waals surface area contributed by atoms with Gasteiger partial charge in [-0.2, -0.15) is 0 Å². The number of rotatable bonds is 4. The minimum atomic E-state index is 0. The standard InChI is InChI=1S/C28H54N8.2Zn/c1-9-29-15-17-31-13-3-21-35(23-19-33-11-1)25-27-5-7-28(8-6-27)26-36-22-4-14-32-18-16-30-10-2-12-34-20-24-36;;/h5-8,29-34H,1-4,9-26H2;;. The monoisotopic (exact) mass is 630 g/mol. The third-order valence-electron chi connectivity index (χ3n) is 7.07. The van der Waals surface area contributed by atoms with Gasteiger partial charge < -0.3 is 31.9 Å². The Bertz CT molecular complexity index is 569.